The van der Waals surface area contributed by atoms with Crippen molar-refractivity contribution in [3.63, 3.8) is 0 Å². The number of carbonyl (C=O) groups excluding carboxylic acids is 1. The summed E-state index contributed by atoms with van der Waals surface area (Å²) >= 11 is 0. The van der Waals surface area contributed by atoms with E-state index < -0.39 is 19.9 Å². The lowest BCUT2D eigenvalue weighted by atomic mass is 9.91. The standard InChI is InChI=1S/C23H45NO5Si/c1-22(2,3)28-21(27)24-16-14-18(15-17-24)10-9-11-19(12-13-20(25)26)29-30(7,8)23(4,5)6/h18-19H,9-17H2,1-8H3,(H,25,26)/t19-/m1/s1. The van der Waals surface area contributed by atoms with Crippen LogP contribution in [0.25, 0.3) is 0 Å². The van der Waals surface area contributed by atoms with E-state index in [1.807, 2.05) is 25.7 Å². The van der Waals surface area contributed by atoms with E-state index in [2.05, 4.69) is 33.9 Å². The highest BCUT2D eigenvalue weighted by Crippen LogP contribution is 2.38. The molecule has 1 atom stereocenters. The largest absolute Gasteiger partial charge is 0.481 e. The second-order valence-electron chi connectivity index (χ2n) is 11.3. The molecule has 0 saturated carbocycles. The van der Waals surface area contributed by atoms with Gasteiger partial charge in [0.2, 0.25) is 0 Å². The molecule has 1 heterocycles. The molecule has 7 heteroatoms. The number of amides is 1. The fraction of sp³-hybridized carbons (Fsp3) is 0.913. The van der Waals surface area contributed by atoms with Gasteiger partial charge in [-0.05, 0) is 70.5 Å². The smallest absolute Gasteiger partial charge is 0.410 e. The van der Waals surface area contributed by atoms with Gasteiger partial charge in [0, 0.05) is 25.6 Å². The monoisotopic (exact) mass is 443 g/mol. The van der Waals surface area contributed by atoms with Gasteiger partial charge in [0.1, 0.15) is 5.60 Å². The Bertz CT molecular complexity index is 557. The zero-order chi connectivity index (χ0) is 23.2. The highest BCUT2D eigenvalue weighted by molar-refractivity contribution is 6.74. The molecule has 1 amide bonds. The third-order valence-electron chi connectivity index (χ3n) is 6.35. The highest BCUT2D eigenvalue weighted by atomic mass is 28.4. The second kappa shape index (κ2) is 11.0. The van der Waals surface area contributed by atoms with Crippen LogP contribution in [0, 0.1) is 5.92 Å². The van der Waals surface area contributed by atoms with Crippen molar-refractivity contribution >= 4 is 20.4 Å². The van der Waals surface area contributed by atoms with Crippen LogP contribution < -0.4 is 0 Å². The normalized spacial score (nSPS) is 17.7. The maximum atomic E-state index is 12.2. The molecule has 30 heavy (non-hydrogen) atoms. The molecule has 6 nitrogen and oxygen atoms in total. The Morgan fingerprint density at radius 3 is 2.10 bits per heavy atom. The van der Waals surface area contributed by atoms with Crippen molar-refractivity contribution in [2.45, 2.75) is 116 Å². The molecule has 0 aromatic carbocycles. The lowest BCUT2D eigenvalue weighted by molar-refractivity contribution is -0.137. The molecule has 0 bridgehead atoms. The Kier molecular flexibility index (Phi) is 9.87. The maximum absolute atomic E-state index is 12.2. The summed E-state index contributed by atoms with van der Waals surface area (Å²) in [7, 11) is -1.92. The molecule has 0 aromatic heterocycles. The van der Waals surface area contributed by atoms with Gasteiger partial charge in [0.25, 0.3) is 0 Å². The number of likely N-dealkylation sites (tertiary alicyclic amines) is 1. The second-order valence-corrected chi connectivity index (χ2v) is 16.0. The third kappa shape index (κ3) is 9.82. The van der Waals surface area contributed by atoms with Gasteiger partial charge >= 0.3 is 12.1 Å². The summed E-state index contributed by atoms with van der Waals surface area (Å²) in [5, 5.41) is 9.22. The van der Waals surface area contributed by atoms with E-state index in [0.29, 0.717) is 12.3 Å². The van der Waals surface area contributed by atoms with Crippen molar-refractivity contribution in [2.75, 3.05) is 13.1 Å². The Morgan fingerprint density at radius 1 is 1.07 bits per heavy atom. The molecule has 1 saturated heterocycles. The van der Waals surface area contributed by atoms with Crippen LogP contribution in [-0.4, -0.2) is 55.2 Å². The van der Waals surface area contributed by atoms with Crippen LogP contribution in [-0.2, 0) is 14.0 Å². The zero-order valence-corrected chi connectivity index (χ0v) is 21.5. The molecule has 1 rings (SSSR count). The van der Waals surface area contributed by atoms with Gasteiger partial charge in [0.05, 0.1) is 0 Å². The number of ether oxygens (including phenoxy) is 1. The van der Waals surface area contributed by atoms with Crippen LogP contribution in [0.5, 0.6) is 0 Å². The van der Waals surface area contributed by atoms with E-state index in [4.69, 9.17) is 14.3 Å². The van der Waals surface area contributed by atoms with Gasteiger partial charge in [-0.25, -0.2) is 4.79 Å². The summed E-state index contributed by atoms with van der Waals surface area (Å²) < 4.78 is 12.0. The molecule has 1 N–H and O–H groups in total. The minimum Gasteiger partial charge on any atom is -0.481 e. The third-order valence-corrected chi connectivity index (χ3v) is 10.9. The number of hydrogen-bond donors (Lipinski definition) is 1. The minimum atomic E-state index is -1.92. The molecule has 0 aromatic rings. The minimum absolute atomic E-state index is 0.0174. The van der Waals surface area contributed by atoms with Gasteiger partial charge in [0.15, 0.2) is 8.32 Å². The Balaban J connectivity index is 2.48. The van der Waals surface area contributed by atoms with Gasteiger partial charge in [-0.1, -0.05) is 33.6 Å². The first-order valence-electron chi connectivity index (χ1n) is 11.5. The van der Waals surface area contributed by atoms with E-state index >= 15 is 0 Å². The van der Waals surface area contributed by atoms with Crippen LogP contribution >= 0.6 is 0 Å². The first-order chi connectivity index (χ1) is 13.6. The summed E-state index contributed by atoms with van der Waals surface area (Å²) in [6.45, 7) is 18.3. The molecule has 176 valence electrons. The van der Waals surface area contributed by atoms with Gasteiger partial charge in [-0.15, -0.1) is 0 Å². The number of carbonyl (C=O) groups is 2. The van der Waals surface area contributed by atoms with Gasteiger partial charge in [-0.2, -0.15) is 0 Å². The first kappa shape index (κ1) is 27.0. The molecule has 0 unspecified atom stereocenters. The summed E-state index contributed by atoms with van der Waals surface area (Å²) in [4.78, 5) is 25.1. The SMILES string of the molecule is CC(C)(C)OC(=O)N1CCC(CCC[C@H](CCC(=O)O)O[Si](C)(C)C(C)(C)C)CC1. The summed E-state index contributed by atoms with van der Waals surface area (Å²) in [6.07, 6.45) is 5.60. The van der Waals surface area contributed by atoms with E-state index in [-0.39, 0.29) is 23.7 Å². The van der Waals surface area contributed by atoms with E-state index in [0.717, 1.165) is 45.2 Å². The van der Waals surface area contributed by atoms with Crippen molar-refractivity contribution in [3.8, 4) is 0 Å². The molecule has 1 fully saturated rings. The predicted molar refractivity (Wildman–Crippen MR) is 123 cm³/mol. The molecular weight excluding hydrogens is 398 g/mol. The molecule has 0 spiro atoms. The average molecular weight is 444 g/mol. The zero-order valence-electron chi connectivity index (χ0n) is 20.5. The van der Waals surface area contributed by atoms with Crippen LogP contribution in [0.4, 0.5) is 4.79 Å². The van der Waals surface area contributed by atoms with E-state index in [1.165, 1.54) is 0 Å². The number of rotatable bonds is 9. The lowest BCUT2D eigenvalue weighted by Crippen LogP contribution is -2.44. The molecular formula is C23H45NO5Si. The van der Waals surface area contributed by atoms with E-state index in [9.17, 15) is 9.59 Å². The van der Waals surface area contributed by atoms with Crippen molar-refractivity contribution in [1.82, 2.24) is 4.90 Å². The lowest BCUT2D eigenvalue weighted by Gasteiger charge is -2.39. The van der Waals surface area contributed by atoms with Crippen LogP contribution in [0.2, 0.25) is 18.1 Å². The Hall–Kier alpha value is -1.08. The molecule has 0 radical (unpaired) electrons. The molecule has 1 aliphatic heterocycles. The van der Waals surface area contributed by atoms with Crippen LogP contribution in [0.15, 0.2) is 0 Å². The molecule has 0 aliphatic carbocycles. The number of piperidine rings is 1. The van der Waals surface area contributed by atoms with Gasteiger partial charge < -0.3 is 19.2 Å². The van der Waals surface area contributed by atoms with Crippen molar-refractivity contribution in [1.29, 1.82) is 0 Å². The van der Waals surface area contributed by atoms with Crippen molar-refractivity contribution in [2.24, 2.45) is 5.92 Å². The number of carboxylic acid groups (broad SMARTS) is 1. The number of nitrogens with zero attached hydrogens (tertiary/aromatic N) is 1. The first-order valence-corrected chi connectivity index (χ1v) is 14.4. The summed E-state index contributed by atoms with van der Waals surface area (Å²) in [5.74, 6) is -0.148. The van der Waals surface area contributed by atoms with Crippen molar-refractivity contribution < 1.29 is 23.9 Å². The summed E-state index contributed by atoms with van der Waals surface area (Å²) in [6, 6.07) is 0. The Morgan fingerprint density at radius 2 is 1.63 bits per heavy atom. The van der Waals surface area contributed by atoms with Gasteiger partial charge in [-0.3, -0.25) is 4.79 Å². The topological polar surface area (TPSA) is 76.1 Å². The quantitative estimate of drug-likeness (QED) is 0.438. The number of hydrogen-bond acceptors (Lipinski definition) is 4. The van der Waals surface area contributed by atoms with Crippen LogP contribution in [0.3, 0.4) is 0 Å². The number of carboxylic acids is 1. The average Bonchev–Trinajstić information content (AvgIpc) is 2.57. The highest BCUT2D eigenvalue weighted by Gasteiger charge is 2.39. The molecule has 1 aliphatic rings. The predicted octanol–water partition coefficient (Wildman–Crippen LogP) is 6.06. The Labute approximate surface area is 184 Å². The van der Waals surface area contributed by atoms with Crippen molar-refractivity contribution in [3.05, 3.63) is 0 Å². The van der Waals surface area contributed by atoms with Crippen LogP contribution in [0.1, 0.15) is 86.5 Å². The number of aliphatic carboxylic acids is 1. The fourth-order valence-electron chi connectivity index (χ4n) is 3.50. The fourth-order valence-corrected chi connectivity index (χ4v) is 4.93. The maximum Gasteiger partial charge on any atom is 0.410 e. The van der Waals surface area contributed by atoms with E-state index in [1.54, 1.807) is 0 Å². The summed E-state index contributed by atoms with van der Waals surface area (Å²) in [5.41, 5.74) is -0.455.